The van der Waals surface area contributed by atoms with Crippen LogP contribution in [0.1, 0.15) is 15.9 Å². The molecule has 0 atom stereocenters. The van der Waals surface area contributed by atoms with Gasteiger partial charge in [0, 0.05) is 33.0 Å². The number of amides is 1. The predicted molar refractivity (Wildman–Crippen MR) is 124 cm³/mol. The Balaban J connectivity index is 1.51. The molecule has 5 nitrogen and oxygen atoms in total. The normalized spacial score (nSPS) is 10.5. The SMILES string of the molecule is Cc1cc(NC(=O)c2cccc(Nc3cc(-c4ccc(F)cc4)ncn3)c2)ccc1Br. The molecule has 2 N–H and O–H groups in total. The first-order chi connectivity index (χ1) is 15.0. The summed E-state index contributed by atoms with van der Waals surface area (Å²) in [5.74, 6) is 0.0556. The van der Waals surface area contributed by atoms with Crippen molar-refractivity contribution >= 4 is 39.0 Å². The molecule has 0 radical (unpaired) electrons. The predicted octanol–water partition coefficient (Wildman–Crippen LogP) is 6.35. The van der Waals surface area contributed by atoms with Crippen LogP contribution in [0.25, 0.3) is 11.3 Å². The number of hydrogen-bond acceptors (Lipinski definition) is 4. The van der Waals surface area contributed by atoms with E-state index < -0.39 is 0 Å². The lowest BCUT2D eigenvalue weighted by atomic mass is 10.1. The van der Waals surface area contributed by atoms with Gasteiger partial charge in [0.25, 0.3) is 5.91 Å². The highest BCUT2D eigenvalue weighted by Gasteiger charge is 2.09. The van der Waals surface area contributed by atoms with Gasteiger partial charge < -0.3 is 10.6 Å². The van der Waals surface area contributed by atoms with Crippen LogP contribution in [0.3, 0.4) is 0 Å². The molecular formula is C24H18BrFN4O. The van der Waals surface area contributed by atoms with Crippen LogP contribution in [0, 0.1) is 12.7 Å². The molecule has 0 aliphatic carbocycles. The summed E-state index contributed by atoms with van der Waals surface area (Å²) in [5, 5.41) is 6.10. The lowest BCUT2D eigenvalue weighted by molar-refractivity contribution is 0.102. The molecule has 0 aliphatic heterocycles. The molecule has 1 amide bonds. The molecule has 0 unspecified atom stereocenters. The smallest absolute Gasteiger partial charge is 0.255 e. The number of aryl methyl sites for hydroxylation is 1. The van der Waals surface area contributed by atoms with Crippen LogP contribution in [-0.4, -0.2) is 15.9 Å². The van der Waals surface area contributed by atoms with E-state index in [1.54, 1.807) is 36.4 Å². The second-order valence-electron chi connectivity index (χ2n) is 6.92. The Labute approximate surface area is 187 Å². The second kappa shape index (κ2) is 9.06. The molecule has 0 saturated carbocycles. The fourth-order valence-electron chi connectivity index (χ4n) is 3.02. The zero-order valence-electron chi connectivity index (χ0n) is 16.6. The summed E-state index contributed by atoms with van der Waals surface area (Å²) >= 11 is 3.46. The van der Waals surface area contributed by atoms with Crippen LogP contribution >= 0.6 is 15.9 Å². The molecule has 0 bridgehead atoms. The maximum Gasteiger partial charge on any atom is 0.255 e. The average Bonchev–Trinajstić information content (AvgIpc) is 2.77. The third-order valence-electron chi connectivity index (χ3n) is 4.62. The summed E-state index contributed by atoms with van der Waals surface area (Å²) in [6, 6.07) is 20.7. The van der Waals surface area contributed by atoms with Gasteiger partial charge in [0.05, 0.1) is 5.69 Å². The first-order valence-electron chi connectivity index (χ1n) is 9.50. The fourth-order valence-corrected chi connectivity index (χ4v) is 3.26. The number of benzene rings is 3. The van der Waals surface area contributed by atoms with Crippen LogP contribution in [-0.2, 0) is 0 Å². The number of carbonyl (C=O) groups excluding carboxylic acids is 1. The van der Waals surface area contributed by atoms with Crippen LogP contribution in [0.15, 0.2) is 83.6 Å². The molecule has 4 rings (SSSR count). The van der Waals surface area contributed by atoms with Gasteiger partial charge in [-0.3, -0.25) is 4.79 Å². The van der Waals surface area contributed by atoms with Crippen LogP contribution < -0.4 is 10.6 Å². The van der Waals surface area contributed by atoms with E-state index >= 15 is 0 Å². The summed E-state index contributed by atoms with van der Waals surface area (Å²) in [7, 11) is 0. The summed E-state index contributed by atoms with van der Waals surface area (Å²) in [4.78, 5) is 21.2. The van der Waals surface area contributed by atoms with E-state index in [9.17, 15) is 9.18 Å². The van der Waals surface area contributed by atoms with E-state index in [2.05, 4.69) is 36.5 Å². The molecule has 4 aromatic rings. The zero-order valence-corrected chi connectivity index (χ0v) is 18.2. The largest absolute Gasteiger partial charge is 0.340 e. The molecule has 0 aliphatic rings. The molecule has 7 heteroatoms. The van der Waals surface area contributed by atoms with E-state index in [0.717, 1.165) is 21.3 Å². The Hall–Kier alpha value is -3.58. The van der Waals surface area contributed by atoms with Gasteiger partial charge in [-0.1, -0.05) is 22.0 Å². The third kappa shape index (κ3) is 5.13. The van der Waals surface area contributed by atoms with Crippen molar-refractivity contribution in [3.8, 4) is 11.3 Å². The van der Waals surface area contributed by atoms with Gasteiger partial charge in [0.1, 0.15) is 18.0 Å². The maximum absolute atomic E-state index is 13.2. The Bertz CT molecular complexity index is 1240. The van der Waals surface area contributed by atoms with Gasteiger partial charge in [-0.05, 0) is 73.2 Å². The number of hydrogen-bond donors (Lipinski definition) is 2. The number of halogens is 2. The van der Waals surface area contributed by atoms with E-state index in [0.29, 0.717) is 22.8 Å². The van der Waals surface area contributed by atoms with Crippen molar-refractivity contribution < 1.29 is 9.18 Å². The second-order valence-corrected chi connectivity index (χ2v) is 7.77. The lowest BCUT2D eigenvalue weighted by Gasteiger charge is -2.10. The number of carbonyl (C=O) groups is 1. The number of nitrogens with zero attached hydrogens (tertiary/aromatic N) is 2. The Morgan fingerprint density at radius 2 is 1.74 bits per heavy atom. The number of rotatable bonds is 5. The molecule has 1 aromatic heterocycles. The van der Waals surface area contributed by atoms with Crippen molar-refractivity contribution in [2.75, 3.05) is 10.6 Å². The van der Waals surface area contributed by atoms with Crippen LogP contribution in [0.2, 0.25) is 0 Å². The Morgan fingerprint density at radius 3 is 2.52 bits per heavy atom. The summed E-state index contributed by atoms with van der Waals surface area (Å²) in [6.45, 7) is 1.96. The quantitative estimate of drug-likeness (QED) is 0.352. The van der Waals surface area contributed by atoms with Crippen molar-refractivity contribution in [1.29, 1.82) is 0 Å². The molecule has 1 heterocycles. The van der Waals surface area contributed by atoms with Crippen LogP contribution in [0.4, 0.5) is 21.6 Å². The number of nitrogens with one attached hydrogen (secondary N) is 2. The highest BCUT2D eigenvalue weighted by Crippen LogP contribution is 2.23. The van der Waals surface area contributed by atoms with Gasteiger partial charge in [-0.15, -0.1) is 0 Å². The molecule has 0 spiro atoms. The minimum atomic E-state index is -0.301. The molecule has 154 valence electrons. The fraction of sp³-hybridized carbons (Fsp3) is 0.0417. The first kappa shape index (κ1) is 20.7. The highest BCUT2D eigenvalue weighted by atomic mass is 79.9. The van der Waals surface area contributed by atoms with Crippen LogP contribution in [0.5, 0.6) is 0 Å². The Morgan fingerprint density at radius 1 is 0.935 bits per heavy atom. The van der Waals surface area contributed by atoms with Crippen molar-refractivity contribution in [2.24, 2.45) is 0 Å². The average molecular weight is 477 g/mol. The van der Waals surface area contributed by atoms with Gasteiger partial charge in [0.15, 0.2) is 0 Å². The highest BCUT2D eigenvalue weighted by molar-refractivity contribution is 9.10. The van der Waals surface area contributed by atoms with Crippen molar-refractivity contribution in [3.05, 3.63) is 101 Å². The van der Waals surface area contributed by atoms with E-state index in [4.69, 9.17) is 0 Å². The topological polar surface area (TPSA) is 66.9 Å². The van der Waals surface area contributed by atoms with Gasteiger partial charge >= 0.3 is 0 Å². The lowest BCUT2D eigenvalue weighted by Crippen LogP contribution is -2.12. The molecular weight excluding hydrogens is 459 g/mol. The molecule has 31 heavy (non-hydrogen) atoms. The monoisotopic (exact) mass is 476 g/mol. The minimum Gasteiger partial charge on any atom is -0.340 e. The number of anilines is 3. The van der Waals surface area contributed by atoms with E-state index in [1.807, 2.05) is 31.2 Å². The first-order valence-corrected chi connectivity index (χ1v) is 10.3. The summed E-state index contributed by atoms with van der Waals surface area (Å²) in [5.41, 5.74) is 4.43. The van der Waals surface area contributed by atoms with Gasteiger partial charge in [-0.25, -0.2) is 14.4 Å². The molecule has 0 fully saturated rings. The van der Waals surface area contributed by atoms with E-state index in [-0.39, 0.29) is 11.7 Å². The van der Waals surface area contributed by atoms with Gasteiger partial charge in [-0.2, -0.15) is 0 Å². The number of aromatic nitrogens is 2. The van der Waals surface area contributed by atoms with Crippen molar-refractivity contribution in [1.82, 2.24) is 9.97 Å². The van der Waals surface area contributed by atoms with E-state index in [1.165, 1.54) is 18.5 Å². The maximum atomic E-state index is 13.2. The third-order valence-corrected chi connectivity index (χ3v) is 5.51. The Kier molecular flexibility index (Phi) is 6.04. The molecule has 3 aromatic carbocycles. The van der Waals surface area contributed by atoms with Crippen molar-refractivity contribution in [3.63, 3.8) is 0 Å². The molecule has 0 saturated heterocycles. The zero-order chi connectivity index (χ0) is 21.8. The minimum absolute atomic E-state index is 0.208. The van der Waals surface area contributed by atoms with Crippen molar-refractivity contribution in [2.45, 2.75) is 6.92 Å². The summed E-state index contributed by atoms with van der Waals surface area (Å²) in [6.07, 6.45) is 1.44. The summed E-state index contributed by atoms with van der Waals surface area (Å²) < 4.78 is 14.2. The van der Waals surface area contributed by atoms with Gasteiger partial charge in [0.2, 0.25) is 0 Å². The standard InChI is InChI=1S/C24H18BrFN4O/c1-15-11-20(9-10-21(15)25)30-24(31)17-3-2-4-19(12-17)29-23-13-22(27-14-28-23)16-5-7-18(26)8-6-16/h2-14H,1H3,(H,30,31)(H,27,28,29).